The van der Waals surface area contributed by atoms with E-state index in [1.54, 1.807) is 24.0 Å². The maximum Gasteiger partial charge on any atom is 0.285 e. The van der Waals surface area contributed by atoms with Crippen molar-refractivity contribution in [2.45, 2.75) is 20.4 Å². The summed E-state index contributed by atoms with van der Waals surface area (Å²) in [4.78, 5) is 32.1. The van der Waals surface area contributed by atoms with E-state index in [9.17, 15) is 14.9 Å². The lowest BCUT2D eigenvalue weighted by Gasteiger charge is -2.33. The van der Waals surface area contributed by atoms with Gasteiger partial charge in [0.25, 0.3) is 11.6 Å². The Balaban J connectivity index is 1.37. The number of nitro benzene ring substituents is 1. The average Bonchev–Trinajstić information content (AvgIpc) is 3.22. The Morgan fingerprint density at radius 2 is 1.81 bits per heavy atom. The summed E-state index contributed by atoms with van der Waals surface area (Å²) < 4.78 is 5.39. The first kappa shape index (κ1) is 20.7. The zero-order valence-corrected chi connectivity index (χ0v) is 17.4. The van der Waals surface area contributed by atoms with Gasteiger partial charge in [-0.1, -0.05) is 47.1 Å². The molecule has 1 fully saturated rings. The highest BCUT2D eigenvalue weighted by atomic mass is 16.6. The molecular formula is C22H23N5O4. The van der Waals surface area contributed by atoms with Crippen molar-refractivity contribution in [3.8, 4) is 11.4 Å². The van der Waals surface area contributed by atoms with Crippen molar-refractivity contribution in [1.82, 2.24) is 19.9 Å². The SMILES string of the molecule is Cc1ccc(-c2noc(CN3CCN(C(=O)c4cccc(C)c4[N+](=O)[O-])CC3)n2)cc1. The summed E-state index contributed by atoms with van der Waals surface area (Å²) in [5, 5.41) is 15.5. The summed E-state index contributed by atoms with van der Waals surface area (Å²) >= 11 is 0. The van der Waals surface area contributed by atoms with Gasteiger partial charge in [0.05, 0.1) is 11.5 Å². The molecule has 160 valence electrons. The summed E-state index contributed by atoms with van der Waals surface area (Å²) in [5.41, 5.74) is 2.56. The molecule has 2 heterocycles. The minimum atomic E-state index is -0.486. The summed E-state index contributed by atoms with van der Waals surface area (Å²) in [6, 6.07) is 12.7. The molecule has 0 bridgehead atoms. The maximum absolute atomic E-state index is 12.9. The molecule has 0 spiro atoms. The van der Waals surface area contributed by atoms with Gasteiger partial charge in [0.1, 0.15) is 5.56 Å². The molecule has 0 radical (unpaired) electrons. The number of piperazine rings is 1. The second-order valence-electron chi connectivity index (χ2n) is 7.67. The van der Waals surface area contributed by atoms with Crippen LogP contribution in [0, 0.1) is 24.0 Å². The number of aryl methyl sites for hydroxylation is 2. The third-order valence-corrected chi connectivity index (χ3v) is 5.45. The van der Waals surface area contributed by atoms with Gasteiger partial charge in [-0.15, -0.1) is 0 Å². The molecule has 1 aromatic heterocycles. The molecular weight excluding hydrogens is 398 g/mol. The van der Waals surface area contributed by atoms with Crippen LogP contribution >= 0.6 is 0 Å². The molecule has 0 atom stereocenters. The van der Waals surface area contributed by atoms with Crippen molar-refractivity contribution >= 4 is 11.6 Å². The van der Waals surface area contributed by atoms with Gasteiger partial charge >= 0.3 is 0 Å². The number of rotatable bonds is 5. The highest BCUT2D eigenvalue weighted by Crippen LogP contribution is 2.25. The summed E-state index contributed by atoms with van der Waals surface area (Å²) in [5.74, 6) is 0.759. The number of hydrogen-bond donors (Lipinski definition) is 0. The number of carbonyl (C=O) groups excluding carboxylic acids is 1. The van der Waals surface area contributed by atoms with Crippen LogP contribution in [-0.4, -0.2) is 56.9 Å². The number of aromatic nitrogens is 2. The molecule has 1 amide bonds. The van der Waals surface area contributed by atoms with Crippen molar-refractivity contribution in [1.29, 1.82) is 0 Å². The third kappa shape index (κ3) is 4.46. The Morgan fingerprint density at radius 3 is 2.48 bits per heavy atom. The maximum atomic E-state index is 12.9. The van der Waals surface area contributed by atoms with E-state index in [0.717, 1.165) is 11.1 Å². The summed E-state index contributed by atoms with van der Waals surface area (Å²) in [7, 11) is 0. The number of amides is 1. The van der Waals surface area contributed by atoms with Crippen LogP contribution in [0.4, 0.5) is 5.69 Å². The zero-order valence-electron chi connectivity index (χ0n) is 17.4. The predicted octanol–water partition coefficient (Wildman–Crippen LogP) is 3.22. The monoisotopic (exact) mass is 421 g/mol. The van der Waals surface area contributed by atoms with Crippen LogP contribution < -0.4 is 0 Å². The van der Waals surface area contributed by atoms with Gasteiger partial charge in [-0.2, -0.15) is 4.98 Å². The van der Waals surface area contributed by atoms with Gasteiger partial charge in [0, 0.05) is 37.3 Å². The third-order valence-electron chi connectivity index (χ3n) is 5.45. The quantitative estimate of drug-likeness (QED) is 0.460. The van der Waals surface area contributed by atoms with E-state index < -0.39 is 4.92 Å². The smallest absolute Gasteiger partial charge is 0.285 e. The Morgan fingerprint density at radius 1 is 1.10 bits per heavy atom. The van der Waals surface area contributed by atoms with Crippen LogP contribution in [0.2, 0.25) is 0 Å². The molecule has 1 aliphatic heterocycles. The first-order chi connectivity index (χ1) is 14.9. The Hall–Kier alpha value is -3.59. The number of nitrogens with zero attached hydrogens (tertiary/aromatic N) is 5. The van der Waals surface area contributed by atoms with Crippen molar-refractivity contribution in [2.24, 2.45) is 0 Å². The number of hydrogen-bond acceptors (Lipinski definition) is 7. The Kier molecular flexibility index (Phi) is 5.77. The van der Waals surface area contributed by atoms with E-state index >= 15 is 0 Å². The van der Waals surface area contributed by atoms with Crippen LogP contribution in [0.1, 0.15) is 27.4 Å². The highest BCUT2D eigenvalue weighted by molar-refractivity contribution is 5.98. The average molecular weight is 421 g/mol. The van der Waals surface area contributed by atoms with Gasteiger partial charge in [0.2, 0.25) is 11.7 Å². The van der Waals surface area contributed by atoms with Crippen molar-refractivity contribution < 1.29 is 14.2 Å². The van der Waals surface area contributed by atoms with Crippen molar-refractivity contribution in [3.63, 3.8) is 0 Å². The second-order valence-corrected chi connectivity index (χ2v) is 7.67. The van der Waals surface area contributed by atoms with Crippen LogP contribution in [0.15, 0.2) is 47.0 Å². The second kappa shape index (κ2) is 8.65. The van der Waals surface area contributed by atoms with Gasteiger partial charge < -0.3 is 9.42 Å². The van der Waals surface area contributed by atoms with Crippen molar-refractivity contribution in [3.05, 3.63) is 75.2 Å². The molecule has 0 aliphatic carbocycles. The van der Waals surface area contributed by atoms with E-state index in [2.05, 4.69) is 15.0 Å². The van der Waals surface area contributed by atoms with Crippen molar-refractivity contribution in [2.75, 3.05) is 26.2 Å². The standard InChI is InChI=1S/C22H23N5O4/c1-15-6-8-17(9-7-15)21-23-19(31-24-21)14-25-10-12-26(13-11-25)22(28)18-5-3-4-16(2)20(18)27(29)30/h3-9H,10-14H2,1-2H3. The van der Waals surface area contributed by atoms with Crippen LogP contribution in [0.3, 0.4) is 0 Å². The first-order valence-electron chi connectivity index (χ1n) is 10.1. The summed E-state index contributed by atoms with van der Waals surface area (Å²) in [6.07, 6.45) is 0. The summed E-state index contributed by atoms with van der Waals surface area (Å²) in [6.45, 7) is 6.34. The molecule has 9 heteroatoms. The predicted molar refractivity (Wildman–Crippen MR) is 113 cm³/mol. The van der Waals surface area contributed by atoms with E-state index in [1.165, 1.54) is 6.07 Å². The van der Waals surface area contributed by atoms with Crippen LogP contribution in [0.5, 0.6) is 0 Å². The van der Waals surface area contributed by atoms with Gasteiger partial charge in [-0.3, -0.25) is 19.8 Å². The lowest BCUT2D eigenvalue weighted by molar-refractivity contribution is -0.385. The minimum absolute atomic E-state index is 0.121. The molecule has 3 aromatic rings. The van der Waals surface area contributed by atoms with Crippen LogP contribution in [-0.2, 0) is 6.54 Å². The fraction of sp³-hybridized carbons (Fsp3) is 0.318. The number of para-hydroxylation sites is 1. The minimum Gasteiger partial charge on any atom is -0.338 e. The van der Waals surface area contributed by atoms with E-state index in [1.807, 2.05) is 31.2 Å². The zero-order chi connectivity index (χ0) is 22.0. The fourth-order valence-electron chi connectivity index (χ4n) is 3.68. The molecule has 31 heavy (non-hydrogen) atoms. The number of nitro groups is 1. The van der Waals surface area contributed by atoms with Gasteiger partial charge in [0.15, 0.2) is 0 Å². The molecule has 2 aromatic carbocycles. The van der Waals surface area contributed by atoms with Gasteiger partial charge in [-0.25, -0.2) is 0 Å². The largest absolute Gasteiger partial charge is 0.338 e. The normalized spacial score (nSPS) is 14.6. The lowest BCUT2D eigenvalue weighted by atomic mass is 10.1. The van der Waals surface area contributed by atoms with Gasteiger partial charge in [-0.05, 0) is 19.9 Å². The molecule has 1 aliphatic rings. The number of benzene rings is 2. The molecule has 4 rings (SSSR count). The number of carbonyl (C=O) groups is 1. The fourth-order valence-corrected chi connectivity index (χ4v) is 3.68. The molecule has 0 unspecified atom stereocenters. The molecule has 9 nitrogen and oxygen atoms in total. The highest BCUT2D eigenvalue weighted by Gasteiger charge is 2.29. The van der Waals surface area contributed by atoms with Crippen LogP contribution in [0.25, 0.3) is 11.4 Å². The first-order valence-corrected chi connectivity index (χ1v) is 10.1. The molecule has 0 saturated carbocycles. The Bertz CT molecular complexity index is 1100. The van der Waals surface area contributed by atoms with E-state index in [4.69, 9.17) is 4.52 Å². The van der Waals surface area contributed by atoms with E-state index in [-0.39, 0.29) is 17.2 Å². The Labute approximate surface area is 179 Å². The lowest BCUT2D eigenvalue weighted by Crippen LogP contribution is -2.48. The van der Waals surface area contributed by atoms with E-state index in [0.29, 0.717) is 50.0 Å². The molecule has 0 N–H and O–H groups in total. The topological polar surface area (TPSA) is 106 Å². The molecule has 1 saturated heterocycles.